The molecule has 0 heterocycles. The van der Waals surface area contributed by atoms with Crippen LogP contribution in [0, 0.1) is 17.8 Å². The van der Waals surface area contributed by atoms with Gasteiger partial charge in [0.05, 0.1) is 0 Å². The van der Waals surface area contributed by atoms with Gasteiger partial charge in [-0.15, -0.1) is 0 Å². The summed E-state index contributed by atoms with van der Waals surface area (Å²) in [5.41, 5.74) is 0. The van der Waals surface area contributed by atoms with Gasteiger partial charge in [-0.3, -0.25) is 0 Å². The molecule has 1 fully saturated rings. The van der Waals surface area contributed by atoms with Gasteiger partial charge < -0.3 is 5.32 Å². The van der Waals surface area contributed by atoms with E-state index in [4.69, 9.17) is 0 Å². The van der Waals surface area contributed by atoms with Gasteiger partial charge in [0.25, 0.3) is 0 Å². The standard InChI is InChI=1S/C12H25N/c1-4-11(12-6-5-7-12)9-13-8-10(2)3/h10-13H,4-9H2,1-3H3. The Morgan fingerprint density at radius 2 is 1.92 bits per heavy atom. The molecule has 1 unspecified atom stereocenters. The van der Waals surface area contributed by atoms with E-state index in [1.165, 1.54) is 38.8 Å². The Bertz CT molecular complexity index is 127. The van der Waals surface area contributed by atoms with Crippen LogP contribution >= 0.6 is 0 Å². The van der Waals surface area contributed by atoms with Crippen molar-refractivity contribution in [1.82, 2.24) is 5.32 Å². The molecule has 0 spiro atoms. The average molecular weight is 183 g/mol. The van der Waals surface area contributed by atoms with Gasteiger partial charge in [0.2, 0.25) is 0 Å². The van der Waals surface area contributed by atoms with Crippen LogP contribution in [-0.2, 0) is 0 Å². The second-order valence-corrected chi connectivity index (χ2v) is 4.91. The maximum atomic E-state index is 3.58. The monoisotopic (exact) mass is 183 g/mol. The van der Waals surface area contributed by atoms with Crippen LogP contribution in [0.5, 0.6) is 0 Å². The number of hydrogen-bond acceptors (Lipinski definition) is 1. The van der Waals surface area contributed by atoms with Crippen molar-refractivity contribution < 1.29 is 0 Å². The maximum Gasteiger partial charge on any atom is -0.00179 e. The molecule has 0 bridgehead atoms. The molecule has 1 aliphatic rings. The summed E-state index contributed by atoms with van der Waals surface area (Å²) in [5, 5.41) is 3.58. The van der Waals surface area contributed by atoms with Crippen LogP contribution < -0.4 is 5.32 Å². The molecule has 1 heteroatoms. The largest absolute Gasteiger partial charge is 0.316 e. The van der Waals surface area contributed by atoms with Crippen molar-refractivity contribution in [3.63, 3.8) is 0 Å². The normalized spacial score (nSPS) is 20.3. The lowest BCUT2D eigenvalue weighted by molar-refractivity contribution is 0.194. The summed E-state index contributed by atoms with van der Waals surface area (Å²) in [6.07, 6.45) is 5.81. The smallest absolute Gasteiger partial charge is 0.00179 e. The van der Waals surface area contributed by atoms with E-state index in [1.807, 2.05) is 0 Å². The van der Waals surface area contributed by atoms with Crippen molar-refractivity contribution in [3.05, 3.63) is 0 Å². The van der Waals surface area contributed by atoms with Crippen LogP contribution in [0.1, 0.15) is 46.5 Å². The van der Waals surface area contributed by atoms with Crippen molar-refractivity contribution in [3.8, 4) is 0 Å². The Kier molecular flexibility index (Phi) is 4.79. The highest BCUT2D eigenvalue weighted by Gasteiger charge is 2.25. The molecule has 0 aromatic carbocycles. The topological polar surface area (TPSA) is 12.0 Å². The fourth-order valence-corrected chi connectivity index (χ4v) is 2.11. The summed E-state index contributed by atoms with van der Waals surface area (Å²) < 4.78 is 0. The van der Waals surface area contributed by atoms with Crippen LogP contribution in [-0.4, -0.2) is 13.1 Å². The predicted octanol–water partition coefficient (Wildman–Crippen LogP) is 3.06. The summed E-state index contributed by atoms with van der Waals surface area (Å²) in [5.74, 6) is 2.79. The second-order valence-electron chi connectivity index (χ2n) is 4.91. The fourth-order valence-electron chi connectivity index (χ4n) is 2.11. The molecule has 0 radical (unpaired) electrons. The quantitative estimate of drug-likeness (QED) is 0.667. The van der Waals surface area contributed by atoms with E-state index in [2.05, 4.69) is 26.1 Å². The van der Waals surface area contributed by atoms with Crippen molar-refractivity contribution in [2.24, 2.45) is 17.8 Å². The summed E-state index contributed by atoms with van der Waals surface area (Å²) in [6, 6.07) is 0. The minimum Gasteiger partial charge on any atom is -0.316 e. The summed E-state index contributed by atoms with van der Waals surface area (Å²) in [7, 11) is 0. The summed E-state index contributed by atoms with van der Waals surface area (Å²) >= 11 is 0. The first kappa shape index (κ1) is 11.0. The van der Waals surface area contributed by atoms with E-state index in [0.717, 1.165) is 17.8 Å². The minimum atomic E-state index is 0.791. The van der Waals surface area contributed by atoms with Gasteiger partial charge in [-0.2, -0.15) is 0 Å². The lowest BCUT2D eigenvalue weighted by atomic mass is 9.75. The zero-order chi connectivity index (χ0) is 9.68. The predicted molar refractivity (Wildman–Crippen MR) is 58.8 cm³/mol. The van der Waals surface area contributed by atoms with Crippen LogP contribution in [0.3, 0.4) is 0 Å². The van der Waals surface area contributed by atoms with Gasteiger partial charge in [-0.25, -0.2) is 0 Å². The molecule has 0 saturated heterocycles. The third-order valence-electron chi connectivity index (χ3n) is 3.30. The molecule has 1 saturated carbocycles. The van der Waals surface area contributed by atoms with Gasteiger partial charge in [-0.05, 0) is 30.8 Å². The van der Waals surface area contributed by atoms with E-state index >= 15 is 0 Å². The van der Waals surface area contributed by atoms with Gasteiger partial charge in [0.1, 0.15) is 0 Å². The average Bonchev–Trinajstić information content (AvgIpc) is 1.98. The van der Waals surface area contributed by atoms with Crippen LogP contribution in [0.4, 0.5) is 0 Å². The van der Waals surface area contributed by atoms with Crippen molar-refractivity contribution in [1.29, 1.82) is 0 Å². The molecule has 1 aliphatic carbocycles. The fraction of sp³-hybridized carbons (Fsp3) is 1.00. The van der Waals surface area contributed by atoms with Gasteiger partial charge >= 0.3 is 0 Å². The first-order valence-electron chi connectivity index (χ1n) is 5.94. The van der Waals surface area contributed by atoms with E-state index in [0.29, 0.717) is 0 Å². The lowest BCUT2D eigenvalue weighted by Gasteiger charge is -2.33. The Morgan fingerprint density at radius 3 is 2.31 bits per heavy atom. The molecule has 78 valence electrons. The van der Waals surface area contributed by atoms with Gasteiger partial charge in [0, 0.05) is 0 Å². The van der Waals surface area contributed by atoms with E-state index in [1.54, 1.807) is 0 Å². The minimum absolute atomic E-state index is 0.791. The Hall–Kier alpha value is -0.0400. The highest BCUT2D eigenvalue weighted by atomic mass is 14.9. The number of nitrogens with one attached hydrogen (secondary N) is 1. The van der Waals surface area contributed by atoms with Crippen molar-refractivity contribution in [2.75, 3.05) is 13.1 Å². The number of hydrogen-bond donors (Lipinski definition) is 1. The number of rotatable bonds is 6. The van der Waals surface area contributed by atoms with Crippen LogP contribution in [0.2, 0.25) is 0 Å². The molecule has 0 aliphatic heterocycles. The molecule has 1 rings (SSSR count). The zero-order valence-corrected chi connectivity index (χ0v) is 9.47. The molecule has 1 nitrogen and oxygen atoms in total. The second kappa shape index (κ2) is 5.64. The Labute approximate surface area is 83.3 Å². The van der Waals surface area contributed by atoms with Gasteiger partial charge in [-0.1, -0.05) is 46.5 Å². The molecule has 1 atom stereocenters. The highest BCUT2D eigenvalue weighted by molar-refractivity contribution is 4.78. The Balaban J connectivity index is 2.08. The van der Waals surface area contributed by atoms with E-state index < -0.39 is 0 Å². The molecule has 13 heavy (non-hydrogen) atoms. The van der Waals surface area contributed by atoms with E-state index in [9.17, 15) is 0 Å². The summed E-state index contributed by atoms with van der Waals surface area (Å²) in [6.45, 7) is 9.32. The molecule has 1 N–H and O–H groups in total. The maximum absolute atomic E-state index is 3.58. The van der Waals surface area contributed by atoms with E-state index in [-0.39, 0.29) is 0 Å². The van der Waals surface area contributed by atoms with Crippen molar-refractivity contribution in [2.45, 2.75) is 46.5 Å². The lowest BCUT2D eigenvalue weighted by Crippen LogP contribution is -2.33. The van der Waals surface area contributed by atoms with Crippen LogP contribution in [0.15, 0.2) is 0 Å². The van der Waals surface area contributed by atoms with Gasteiger partial charge in [0.15, 0.2) is 0 Å². The molecule has 0 amide bonds. The first-order chi connectivity index (χ1) is 6.24. The summed E-state index contributed by atoms with van der Waals surface area (Å²) in [4.78, 5) is 0. The third-order valence-corrected chi connectivity index (χ3v) is 3.30. The molecular weight excluding hydrogens is 158 g/mol. The highest BCUT2D eigenvalue weighted by Crippen LogP contribution is 2.34. The molecule has 0 aromatic heterocycles. The van der Waals surface area contributed by atoms with Crippen molar-refractivity contribution >= 4 is 0 Å². The molecular formula is C12H25N. The SMILES string of the molecule is CCC(CNCC(C)C)C1CCC1. The molecule has 0 aromatic rings. The van der Waals surface area contributed by atoms with Crippen LogP contribution in [0.25, 0.3) is 0 Å². The Morgan fingerprint density at radius 1 is 1.23 bits per heavy atom. The third kappa shape index (κ3) is 3.68. The first-order valence-corrected chi connectivity index (χ1v) is 5.94. The zero-order valence-electron chi connectivity index (χ0n) is 9.47.